The molecule has 2 saturated heterocycles. The van der Waals surface area contributed by atoms with Crippen molar-refractivity contribution in [1.29, 1.82) is 0 Å². The summed E-state index contributed by atoms with van der Waals surface area (Å²) < 4.78 is 0. The minimum Gasteiger partial charge on any atom is -0.368 e. The van der Waals surface area contributed by atoms with E-state index in [4.69, 9.17) is 0 Å². The zero-order valence-electron chi connectivity index (χ0n) is 15.9. The summed E-state index contributed by atoms with van der Waals surface area (Å²) in [6.07, 6.45) is 1.55. The lowest BCUT2D eigenvalue weighted by Crippen LogP contribution is -2.54. The smallest absolute Gasteiger partial charge is 0.269 e. The molecule has 2 aromatic rings. The third-order valence-electron chi connectivity index (χ3n) is 5.55. The van der Waals surface area contributed by atoms with Crippen molar-refractivity contribution in [1.82, 2.24) is 9.80 Å². The van der Waals surface area contributed by atoms with Crippen LogP contribution < -0.4 is 4.90 Å². The van der Waals surface area contributed by atoms with Gasteiger partial charge in [-0.1, -0.05) is 6.07 Å². The van der Waals surface area contributed by atoms with Gasteiger partial charge in [0, 0.05) is 50.5 Å². The Bertz CT molecular complexity index is 892. The first-order valence-corrected chi connectivity index (χ1v) is 10.6. The number of anilines is 1. The summed E-state index contributed by atoms with van der Waals surface area (Å²) in [5, 5.41) is 12.7. The fourth-order valence-corrected chi connectivity index (χ4v) is 4.67. The van der Waals surface area contributed by atoms with E-state index in [2.05, 4.69) is 4.90 Å². The number of nitrogens with zero attached hydrogens (tertiary/aromatic N) is 4. The molecule has 2 fully saturated rings. The molecule has 2 amide bonds. The lowest BCUT2D eigenvalue weighted by atomic mass is 10.1. The van der Waals surface area contributed by atoms with Gasteiger partial charge in [0.2, 0.25) is 5.91 Å². The van der Waals surface area contributed by atoms with Gasteiger partial charge in [0.05, 0.1) is 9.80 Å². The van der Waals surface area contributed by atoms with Crippen molar-refractivity contribution >= 4 is 34.5 Å². The van der Waals surface area contributed by atoms with Crippen molar-refractivity contribution in [3.8, 4) is 0 Å². The number of hydrogen-bond acceptors (Lipinski definition) is 6. The summed E-state index contributed by atoms with van der Waals surface area (Å²) in [5.74, 6) is -0.0314. The topological polar surface area (TPSA) is 87.0 Å². The average molecular weight is 414 g/mol. The second kappa shape index (κ2) is 8.20. The van der Waals surface area contributed by atoms with Crippen LogP contribution in [0, 0.1) is 10.1 Å². The molecule has 8 nitrogen and oxygen atoms in total. The predicted molar refractivity (Wildman–Crippen MR) is 110 cm³/mol. The summed E-state index contributed by atoms with van der Waals surface area (Å²) in [6.45, 7) is 3.10. The Morgan fingerprint density at radius 2 is 1.76 bits per heavy atom. The molecular weight excluding hydrogens is 392 g/mol. The molecule has 1 aromatic carbocycles. The molecule has 0 unspecified atom stereocenters. The zero-order valence-corrected chi connectivity index (χ0v) is 16.7. The lowest BCUT2D eigenvalue weighted by molar-refractivity contribution is -0.384. The van der Waals surface area contributed by atoms with Gasteiger partial charge in [0.1, 0.15) is 6.04 Å². The van der Waals surface area contributed by atoms with Gasteiger partial charge >= 0.3 is 0 Å². The van der Waals surface area contributed by atoms with E-state index in [1.165, 1.54) is 23.5 Å². The number of nitro groups is 1. The van der Waals surface area contributed by atoms with Crippen LogP contribution in [0.2, 0.25) is 0 Å². The molecule has 29 heavy (non-hydrogen) atoms. The first kappa shape index (κ1) is 19.4. The maximum atomic E-state index is 13.1. The Kier molecular flexibility index (Phi) is 5.48. The molecule has 0 saturated carbocycles. The molecule has 0 spiro atoms. The molecular formula is C20H22N4O4S. The van der Waals surface area contributed by atoms with E-state index in [-0.39, 0.29) is 23.5 Å². The van der Waals surface area contributed by atoms with Crippen molar-refractivity contribution in [2.45, 2.75) is 18.9 Å². The number of hydrogen-bond donors (Lipinski definition) is 0. The van der Waals surface area contributed by atoms with E-state index in [0.717, 1.165) is 12.1 Å². The molecule has 0 bridgehead atoms. The highest BCUT2D eigenvalue weighted by Gasteiger charge is 2.38. The van der Waals surface area contributed by atoms with Crippen molar-refractivity contribution in [2.24, 2.45) is 0 Å². The second-order valence-electron chi connectivity index (χ2n) is 7.22. The lowest BCUT2D eigenvalue weighted by Gasteiger charge is -2.38. The summed E-state index contributed by atoms with van der Waals surface area (Å²) in [5.41, 5.74) is 0.984. The van der Waals surface area contributed by atoms with Crippen LogP contribution in [0.15, 0.2) is 41.8 Å². The molecule has 152 valence electrons. The van der Waals surface area contributed by atoms with Gasteiger partial charge in [0.15, 0.2) is 0 Å². The summed E-state index contributed by atoms with van der Waals surface area (Å²) in [6, 6.07) is 9.76. The summed E-state index contributed by atoms with van der Waals surface area (Å²) in [4.78, 5) is 42.6. The molecule has 1 aromatic heterocycles. The molecule has 4 rings (SSSR count). The Hall–Kier alpha value is -2.94. The normalized spacial score (nSPS) is 19.4. The fourth-order valence-electron chi connectivity index (χ4n) is 3.99. The molecule has 9 heteroatoms. The molecule has 3 heterocycles. The number of amides is 2. The van der Waals surface area contributed by atoms with Crippen LogP contribution >= 0.6 is 11.3 Å². The van der Waals surface area contributed by atoms with Gasteiger partial charge in [-0.05, 0) is 36.4 Å². The Labute approximate surface area is 172 Å². The van der Waals surface area contributed by atoms with E-state index in [0.29, 0.717) is 44.0 Å². The standard InChI is InChI=1S/C20H22N4O4S/c25-19(17-3-1-9-23(17)20(26)18-4-2-14-29-18)22-12-10-21(11-13-22)15-5-7-16(8-6-15)24(27)28/h2,4-8,14,17H,1,3,9-13H2/t17-/m0/s1. The van der Waals surface area contributed by atoms with Crippen molar-refractivity contribution in [3.05, 3.63) is 56.8 Å². The minimum atomic E-state index is -0.411. The van der Waals surface area contributed by atoms with Gasteiger partial charge in [-0.25, -0.2) is 0 Å². The molecule has 2 aliphatic rings. The number of carbonyl (C=O) groups excluding carboxylic acids is 2. The quantitative estimate of drug-likeness (QED) is 0.567. The number of likely N-dealkylation sites (tertiary alicyclic amines) is 1. The first-order chi connectivity index (χ1) is 14.0. The Morgan fingerprint density at radius 3 is 2.38 bits per heavy atom. The number of nitro benzene ring substituents is 1. The average Bonchev–Trinajstić information content (AvgIpc) is 3.45. The van der Waals surface area contributed by atoms with Gasteiger partial charge < -0.3 is 14.7 Å². The highest BCUT2D eigenvalue weighted by Crippen LogP contribution is 2.25. The van der Waals surface area contributed by atoms with Crippen LogP contribution in [0.4, 0.5) is 11.4 Å². The highest BCUT2D eigenvalue weighted by molar-refractivity contribution is 7.12. The number of rotatable bonds is 4. The second-order valence-corrected chi connectivity index (χ2v) is 8.17. The van der Waals surface area contributed by atoms with Crippen LogP contribution in [0.1, 0.15) is 22.5 Å². The summed E-state index contributed by atoms with van der Waals surface area (Å²) >= 11 is 1.40. The zero-order chi connectivity index (χ0) is 20.4. The molecule has 1 atom stereocenters. The van der Waals surface area contributed by atoms with Crippen LogP contribution in [0.5, 0.6) is 0 Å². The SMILES string of the molecule is O=C([C@@H]1CCCN1C(=O)c1cccs1)N1CCN(c2ccc([N+](=O)[O-])cc2)CC1. The van der Waals surface area contributed by atoms with Crippen LogP contribution in [-0.4, -0.2) is 65.3 Å². The third kappa shape index (κ3) is 3.95. The van der Waals surface area contributed by atoms with E-state index in [9.17, 15) is 19.7 Å². The number of thiophene rings is 1. The van der Waals surface area contributed by atoms with Crippen molar-refractivity contribution in [2.75, 3.05) is 37.6 Å². The van der Waals surface area contributed by atoms with Crippen molar-refractivity contribution < 1.29 is 14.5 Å². The maximum Gasteiger partial charge on any atom is 0.269 e. The van der Waals surface area contributed by atoms with Crippen LogP contribution in [-0.2, 0) is 4.79 Å². The van der Waals surface area contributed by atoms with Gasteiger partial charge in [-0.15, -0.1) is 11.3 Å². The van der Waals surface area contributed by atoms with E-state index < -0.39 is 4.92 Å². The fraction of sp³-hybridized carbons (Fsp3) is 0.400. The van der Waals surface area contributed by atoms with E-state index in [1.54, 1.807) is 23.1 Å². The van der Waals surface area contributed by atoms with Gasteiger partial charge in [-0.3, -0.25) is 19.7 Å². The number of benzene rings is 1. The van der Waals surface area contributed by atoms with E-state index >= 15 is 0 Å². The predicted octanol–water partition coefficient (Wildman–Crippen LogP) is 2.61. The molecule has 2 aliphatic heterocycles. The monoisotopic (exact) mass is 414 g/mol. The van der Waals surface area contributed by atoms with Crippen molar-refractivity contribution in [3.63, 3.8) is 0 Å². The van der Waals surface area contributed by atoms with Crippen LogP contribution in [0.25, 0.3) is 0 Å². The first-order valence-electron chi connectivity index (χ1n) is 9.67. The number of carbonyl (C=O) groups is 2. The van der Waals surface area contributed by atoms with Gasteiger partial charge in [0.25, 0.3) is 11.6 Å². The molecule has 0 aliphatic carbocycles. The minimum absolute atomic E-state index is 0.0238. The summed E-state index contributed by atoms with van der Waals surface area (Å²) in [7, 11) is 0. The van der Waals surface area contributed by atoms with E-state index in [1.807, 2.05) is 16.3 Å². The number of piperazine rings is 1. The third-order valence-corrected chi connectivity index (χ3v) is 6.41. The Morgan fingerprint density at radius 1 is 1.03 bits per heavy atom. The van der Waals surface area contributed by atoms with Gasteiger partial charge in [-0.2, -0.15) is 0 Å². The maximum absolute atomic E-state index is 13.1. The van der Waals surface area contributed by atoms with Crippen LogP contribution in [0.3, 0.4) is 0 Å². The molecule has 0 radical (unpaired) electrons. The highest BCUT2D eigenvalue weighted by atomic mass is 32.1. The number of non-ortho nitro benzene ring substituents is 1. The Balaban J connectivity index is 1.37. The largest absolute Gasteiger partial charge is 0.368 e. The molecule has 0 N–H and O–H groups in total.